The van der Waals surface area contributed by atoms with E-state index in [9.17, 15) is 23.1 Å². The van der Waals surface area contributed by atoms with Crippen LogP contribution in [0.15, 0.2) is 30.3 Å². The van der Waals surface area contributed by atoms with Crippen LogP contribution in [-0.4, -0.2) is 115 Å². The molecule has 1 aromatic carbocycles. The van der Waals surface area contributed by atoms with Gasteiger partial charge < -0.3 is 19.8 Å². The Hall–Kier alpha value is -2.17. The highest BCUT2D eigenvalue weighted by molar-refractivity contribution is 7.91. The van der Waals surface area contributed by atoms with Crippen LogP contribution in [0.4, 0.5) is 4.79 Å². The van der Waals surface area contributed by atoms with Crippen molar-refractivity contribution in [1.82, 2.24) is 19.6 Å². The largest absolute Gasteiger partial charge is 0.388 e. The van der Waals surface area contributed by atoms with Crippen LogP contribution >= 0.6 is 0 Å². The van der Waals surface area contributed by atoms with Gasteiger partial charge in [-0.3, -0.25) is 9.69 Å². The third-order valence-corrected chi connectivity index (χ3v) is 11.9. The van der Waals surface area contributed by atoms with Gasteiger partial charge in [0.1, 0.15) is 16.4 Å². The first-order valence-corrected chi connectivity index (χ1v) is 16.3. The highest BCUT2D eigenvalue weighted by atomic mass is 32.2. The van der Waals surface area contributed by atoms with Crippen LogP contribution in [0.5, 0.6) is 0 Å². The number of urea groups is 1. The number of piperidine rings is 1. The highest BCUT2D eigenvalue weighted by Gasteiger charge is 2.56. The lowest BCUT2D eigenvalue weighted by molar-refractivity contribution is -0.132. The van der Waals surface area contributed by atoms with Crippen molar-refractivity contribution in [3.63, 3.8) is 0 Å². The second-order valence-electron chi connectivity index (χ2n) is 12.7. The summed E-state index contributed by atoms with van der Waals surface area (Å²) in [7, 11) is 1.13. The van der Waals surface area contributed by atoms with Gasteiger partial charge in [0.05, 0.1) is 22.9 Å². The third-order valence-electron chi connectivity index (χ3n) is 10.2. The fourth-order valence-electron chi connectivity index (χ4n) is 7.37. The molecule has 2 aliphatic heterocycles. The molecule has 0 radical (unpaired) electrons. The molecule has 9 nitrogen and oxygen atoms in total. The SMILES string of the molecule is CN(C)[C@]1(c2ccccc2)CC[C@]2(CC1)CN(CC(=O)N1CCC(S(C)(=O)=O)CC1)C(=O)N2CC1(O)CCC1. The number of benzene rings is 1. The summed E-state index contributed by atoms with van der Waals surface area (Å²) in [6, 6.07) is 10.4. The number of hydrogen-bond acceptors (Lipinski definition) is 6. The second kappa shape index (κ2) is 10.3. The first kappa shape index (κ1) is 28.4. The van der Waals surface area contributed by atoms with E-state index in [0.29, 0.717) is 51.9 Å². The molecule has 1 N–H and O–H groups in total. The van der Waals surface area contributed by atoms with E-state index < -0.39 is 26.2 Å². The minimum absolute atomic E-state index is 0.00341. The number of amides is 3. The van der Waals surface area contributed by atoms with Crippen LogP contribution in [0.3, 0.4) is 0 Å². The lowest BCUT2D eigenvalue weighted by atomic mass is 9.67. The Labute approximate surface area is 233 Å². The van der Waals surface area contributed by atoms with Crippen LogP contribution in [0.2, 0.25) is 0 Å². The number of carbonyl (C=O) groups is 2. The number of aliphatic hydroxyl groups is 1. The predicted molar refractivity (Wildman–Crippen MR) is 150 cm³/mol. The van der Waals surface area contributed by atoms with Crippen molar-refractivity contribution < 1.29 is 23.1 Å². The smallest absolute Gasteiger partial charge is 0.321 e. The topological polar surface area (TPSA) is 101 Å². The lowest BCUT2D eigenvalue weighted by Gasteiger charge is -2.52. The minimum atomic E-state index is -3.12. The molecule has 1 spiro atoms. The van der Waals surface area contributed by atoms with Gasteiger partial charge in [-0.2, -0.15) is 0 Å². The molecule has 4 aliphatic rings. The van der Waals surface area contributed by atoms with Gasteiger partial charge in [-0.25, -0.2) is 13.2 Å². The number of rotatable bonds is 7. The van der Waals surface area contributed by atoms with Gasteiger partial charge >= 0.3 is 6.03 Å². The van der Waals surface area contributed by atoms with Crippen molar-refractivity contribution in [3.05, 3.63) is 35.9 Å². The summed E-state index contributed by atoms with van der Waals surface area (Å²) >= 11 is 0. The molecule has 2 saturated carbocycles. The average molecular weight is 561 g/mol. The van der Waals surface area contributed by atoms with Gasteiger partial charge in [0.2, 0.25) is 5.91 Å². The van der Waals surface area contributed by atoms with Gasteiger partial charge in [0, 0.05) is 31.4 Å². The van der Waals surface area contributed by atoms with E-state index >= 15 is 0 Å². The van der Waals surface area contributed by atoms with Crippen molar-refractivity contribution in [2.75, 3.05) is 53.1 Å². The van der Waals surface area contributed by atoms with E-state index in [1.54, 1.807) is 9.80 Å². The number of sulfone groups is 1. The number of hydrogen-bond donors (Lipinski definition) is 1. The van der Waals surface area contributed by atoms with Gasteiger partial charge in [-0.15, -0.1) is 0 Å². The minimum Gasteiger partial charge on any atom is -0.388 e. The maximum atomic E-state index is 13.8. The number of carbonyl (C=O) groups excluding carboxylic acids is 2. The summed E-state index contributed by atoms with van der Waals surface area (Å²) in [5.41, 5.74) is -0.101. The molecule has 0 atom stereocenters. The maximum Gasteiger partial charge on any atom is 0.321 e. The summed E-state index contributed by atoms with van der Waals surface area (Å²) in [4.78, 5) is 34.7. The molecule has 1 aromatic rings. The van der Waals surface area contributed by atoms with Crippen molar-refractivity contribution in [3.8, 4) is 0 Å². The Morgan fingerprint density at radius 1 is 1.03 bits per heavy atom. The maximum absolute atomic E-state index is 13.8. The van der Waals surface area contributed by atoms with Crippen molar-refractivity contribution >= 4 is 21.8 Å². The van der Waals surface area contributed by atoms with Crippen molar-refractivity contribution in [2.24, 2.45) is 0 Å². The van der Waals surface area contributed by atoms with Crippen LogP contribution in [0.25, 0.3) is 0 Å². The molecule has 4 fully saturated rings. The van der Waals surface area contributed by atoms with Gasteiger partial charge in [0.15, 0.2) is 0 Å². The molecular formula is C29H44N4O5S. The first-order chi connectivity index (χ1) is 18.4. The molecule has 5 rings (SSSR count). The molecule has 2 heterocycles. The zero-order valence-corrected chi connectivity index (χ0v) is 24.5. The highest BCUT2D eigenvalue weighted by Crippen LogP contribution is 2.50. The summed E-state index contributed by atoms with van der Waals surface area (Å²) in [5.74, 6) is -0.127. The Balaban J connectivity index is 1.33. The zero-order valence-electron chi connectivity index (χ0n) is 23.6. The fraction of sp³-hybridized carbons (Fsp3) is 0.724. The van der Waals surface area contributed by atoms with E-state index in [2.05, 4.69) is 43.3 Å². The van der Waals surface area contributed by atoms with Crippen molar-refractivity contribution in [2.45, 2.75) is 79.7 Å². The molecule has 0 unspecified atom stereocenters. The van der Waals surface area contributed by atoms with Gasteiger partial charge in [-0.1, -0.05) is 30.3 Å². The molecule has 0 aromatic heterocycles. The van der Waals surface area contributed by atoms with Crippen LogP contribution in [0.1, 0.15) is 63.4 Å². The second-order valence-corrected chi connectivity index (χ2v) is 15.1. The van der Waals surface area contributed by atoms with E-state index in [1.165, 1.54) is 11.8 Å². The fourth-order valence-corrected chi connectivity index (χ4v) is 8.44. The molecule has 10 heteroatoms. The lowest BCUT2D eigenvalue weighted by Crippen LogP contribution is -2.59. The van der Waals surface area contributed by atoms with Crippen LogP contribution in [0, 0.1) is 0 Å². The summed E-state index contributed by atoms with van der Waals surface area (Å²) in [5, 5.41) is 10.7. The molecule has 2 saturated heterocycles. The van der Waals surface area contributed by atoms with Crippen molar-refractivity contribution in [1.29, 1.82) is 0 Å². The molecule has 3 amide bonds. The van der Waals surface area contributed by atoms with Crippen LogP contribution in [-0.2, 0) is 20.2 Å². The number of β-amino-alcohol motifs (C(OH)–C–C–N with tert-alkyl or cyclic N) is 1. The molecule has 2 aliphatic carbocycles. The van der Waals surface area contributed by atoms with E-state index in [4.69, 9.17) is 0 Å². The zero-order chi connectivity index (χ0) is 28.1. The first-order valence-electron chi connectivity index (χ1n) is 14.4. The van der Waals surface area contributed by atoms with E-state index in [1.807, 2.05) is 11.0 Å². The number of likely N-dealkylation sites (tertiary alicyclic amines) is 1. The summed E-state index contributed by atoms with van der Waals surface area (Å²) in [6.45, 7) is 1.59. The Morgan fingerprint density at radius 3 is 2.15 bits per heavy atom. The summed E-state index contributed by atoms with van der Waals surface area (Å²) < 4.78 is 23.9. The average Bonchev–Trinajstić information content (AvgIpc) is 3.13. The van der Waals surface area contributed by atoms with Gasteiger partial charge in [-0.05, 0) is 77.4 Å². The normalized spacial score (nSPS) is 29.8. The number of nitrogens with zero attached hydrogens (tertiary/aromatic N) is 4. The van der Waals surface area contributed by atoms with E-state index in [0.717, 1.165) is 32.1 Å². The quantitative estimate of drug-likeness (QED) is 0.550. The molecular weight excluding hydrogens is 516 g/mol. The molecule has 0 bridgehead atoms. The van der Waals surface area contributed by atoms with Gasteiger partial charge in [0.25, 0.3) is 0 Å². The third kappa shape index (κ3) is 5.32. The van der Waals surface area contributed by atoms with E-state index in [-0.39, 0.29) is 24.0 Å². The molecule has 216 valence electrons. The Morgan fingerprint density at radius 2 is 1.64 bits per heavy atom. The Kier molecular flexibility index (Phi) is 7.52. The molecule has 39 heavy (non-hydrogen) atoms. The standard InChI is InChI=1S/C29H44N4O5S/c1-30(2)29(23-8-5-4-6-9-23)16-14-27(15-17-29)21-32(26(35)33(27)22-28(36)12-7-13-28)20-25(34)31-18-10-24(11-19-31)39(3,37)38/h4-6,8-9,24,36H,7,10-22H2,1-3H3/t27-,29+. The van der Waals surface area contributed by atoms with Crippen LogP contribution < -0.4 is 0 Å². The summed E-state index contributed by atoms with van der Waals surface area (Å²) in [6.07, 6.45) is 7.86. The predicted octanol–water partition coefficient (Wildman–Crippen LogP) is 2.44. The monoisotopic (exact) mass is 560 g/mol. The Bertz CT molecular complexity index is 1170.